The van der Waals surface area contributed by atoms with Gasteiger partial charge in [-0.05, 0) is 31.0 Å². The Balaban J connectivity index is 1.76. The summed E-state index contributed by atoms with van der Waals surface area (Å²) in [4.78, 5) is 23.5. The van der Waals surface area contributed by atoms with Crippen LogP contribution in [0, 0.1) is 0 Å². The third kappa shape index (κ3) is 4.88. The summed E-state index contributed by atoms with van der Waals surface area (Å²) in [5.41, 5.74) is 0.285. The Morgan fingerprint density at radius 2 is 2.10 bits per heavy atom. The summed E-state index contributed by atoms with van der Waals surface area (Å²) < 4.78 is 5.39. The van der Waals surface area contributed by atoms with Gasteiger partial charge in [0.15, 0.2) is 0 Å². The molecule has 1 saturated heterocycles. The molecule has 1 fully saturated rings. The van der Waals surface area contributed by atoms with Crippen molar-refractivity contribution in [2.75, 3.05) is 19.7 Å². The molecule has 1 aliphatic heterocycles. The van der Waals surface area contributed by atoms with Crippen LogP contribution in [0.15, 0.2) is 18.2 Å². The number of amides is 2. The lowest BCUT2D eigenvalue weighted by Gasteiger charge is -2.11. The van der Waals surface area contributed by atoms with Crippen LogP contribution in [0.25, 0.3) is 0 Å². The second-order valence-corrected chi connectivity index (χ2v) is 5.59. The van der Waals surface area contributed by atoms with Gasteiger partial charge in [-0.25, -0.2) is 0 Å². The highest BCUT2D eigenvalue weighted by molar-refractivity contribution is 6.36. The quantitative estimate of drug-likeness (QED) is 0.867. The minimum atomic E-state index is -0.413. The lowest BCUT2D eigenvalue weighted by Crippen LogP contribution is -2.40. The van der Waals surface area contributed by atoms with Gasteiger partial charge in [0.05, 0.1) is 23.2 Å². The minimum absolute atomic E-state index is 0.0790. The van der Waals surface area contributed by atoms with Gasteiger partial charge in [0.25, 0.3) is 5.91 Å². The van der Waals surface area contributed by atoms with Crippen molar-refractivity contribution in [2.24, 2.45) is 0 Å². The van der Waals surface area contributed by atoms with E-state index in [0.29, 0.717) is 11.6 Å². The topological polar surface area (TPSA) is 67.4 Å². The van der Waals surface area contributed by atoms with E-state index in [-0.39, 0.29) is 29.1 Å². The molecule has 0 spiro atoms. The number of benzene rings is 1. The molecular formula is C14H16Cl2N2O3. The van der Waals surface area contributed by atoms with E-state index in [1.807, 2.05) is 0 Å². The molecule has 2 amide bonds. The highest BCUT2D eigenvalue weighted by atomic mass is 35.5. The molecule has 1 aromatic carbocycles. The van der Waals surface area contributed by atoms with Gasteiger partial charge < -0.3 is 15.4 Å². The van der Waals surface area contributed by atoms with E-state index in [1.165, 1.54) is 12.1 Å². The molecular weight excluding hydrogens is 315 g/mol. The highest BCUT2D eigenvalue weighted by Gasteiger charge is 2.17. The number of carbonyl (C=O) groups is 2. The molecule has 1 unspecified atom stereocenters. The van der Waals surface area contributed by atoms with Crippen LogP contribution in [0.3, 0.4) is 0 Å². The molecule has 7 heteroatoms. The fraction of sp³-hybridized carbons (Fsp3) is 0.429. The molecule has 2 N–H and O–H groups in total. The van der Waals surface area contributed by atoms with Gasteiger partial charge in [-0.15, -0.1) is 0 Å². The van der Waals surface area contributed by atoms with Crippen LogP contribution >= 0.6 is 23.2 Å². The van der Waals surface area contributed by atoms with Crippen LogP contribution in [0.2, 0.25) is 10.0 Å². The molecule has 0 saturated carbocycles. The summed E-state index contributed by atoms with van der Waals surface area (Å²) in [6.45, 7) is 1.10. The van der Waals surface area contributed by atoms with Crippen LogP contribution in [0.5, 0.6) is 0 Å². The first-order valence-electron chi connectivity index (χ1n) is 6.68. The number of hydrogen-bond donors (Lipinski definition) is 2. The van der Waals surface area contributed by atoms with E-state index < -0.39 is 5.91 Å². The van der Waals surface area contributed by atoms with Crippen molar-refractivity contribution in [3.63, 3.8) is 0 Å². The zero-order valence-electron chi connectivity index (χ0n) is 11.3. The van der Waals surface area contributed by atoms with E-state index in [9.17, 15) is 9.59 Å². The van der Waals surface area contributed by atoms with Crippen molar-refractivity contribution in [2.45, 2.75) is 18.9 Å². The molecule has 2 rings (SSSR count). The van der Waals surface area contributed by atoms with E-state index in [0.717, 1.165) is 19.4 Å². The normalized spacial score (nSPS) is 17.5. The van der Waals surface area contributed by atoms with Gasteiger partial charge >= 0.3 is 0 Å². The van der Waals surface area contributed by atoms with Crippen LogP contribution < -0.4 is 10.6 Å². The van der Waals surface area contributed by atoms with Crippen molar-refractivity contribution in [3.8, 4) is 0 Å². The highest BCUT2D eigenvalue weighted by Crippen LogP contribution is 2.20. The fourth-order valence-corrected chi connectivity index (χ4v) is 2.52. The lowest BCUT2D eigenvalue weighted by atomic mass is 10.2. The predicted octanol–water partition coefficient (Wildman–Crippen LogP) is 2.02. The van der Waals surface area contributed by atoms with Crippen molar-refractivity contribution >= 4 is 35.0 Å². The first-order valence-corrected chi connectivity index (χ1v) is 7.43. The summed E-state index contributed by atoms with van der Waals surface area (Å²) in [6, 6.07) is 4.57. The van der Waals surface area contributed by atoms with Gasteiger partial charge in [-0.2, -0.15) is 0 Å². The maximum absolute atomic E-state index is 11.9. The Kier molecular flexibility index (Phi) is 5.85. The van der Waals surface area contributed by atoms with E-state index in [1.54, 1.807) is 6.07 Å². The van der Waals surface area contributed by atoms with Crippen LogP contribution in [-0.2, 0) is 9.53 Å². The van der Waals surface area contributed by atoms with Gasteiger partial charge in [-0.1, -0.05) is 23.2 Å². The Hall–Kier alpha value is -1.30. The second-order valence-electron chi connectivity index (χ2n) is 4.75. The Labute approximate surface area is 132 Å². The Morgan fingerprint density at radius 3 is 2.76 bits per heavy atom. The molecule has 114 valence electrons. The first kappa shape index (κ1) is 16.1. The molecule has 1 aliphatic rings. The number of nitrogens with one attached hydrogen (secondary N) is 2. The zero-order chi connectivity index (χ0) is 15.2. The average molecular weight is 331 g/mol. The molecule has 21 heavy (non-hydrogen) atoms. The van der Waals surface area contributed by atoms with Crippen LogP contribution in [0.4, 0.5) is 0 Å². The summed E-state index contributed by atoms with van der Waals surface area (Å²) >= 11 is 11.7. The van der Waals surface area contributed by atoms with Gasteiger partial charge in [0.2, 0.25) is 5.91 Å². The SMILES string of the molecule is O=C(CNC(=O)c1ccc(Cl)cc1Cl)NCC1CCCO1. The molecule has 1 atom stereocenters. The second kappa shape index (κ2) is 7.64. The van der Waals surface area contributed by atoms with Crippen LogP contribution in [0.1, 0.15) is 23.2 Å². The number of halogens is 2. The van der Waals surface area contributed by atoms with Crippen molar-refractivity contribution in [1.82, 2.24) is 10.6 Å². The largest absolute Gasteiger partial charge is 0.376 e. The summed E-state index contributed by atoms with van der Waals surface area (Å²) in [5.74, 6) is -0.673. The van der Waals surface area contributed by atoms with Gasteiger partial charge in [0.1, 0.15) is 0 Å². The third-order valence-electron chi connectivity index (χ3n) is 3.14. The number of carbonyl (C=O) groups excluding carboxylic acids is 2. The summed E-state index contributed by atoms with van der Waals surface area (Å²) in [7, 11) is 0. The fourth-order valence-electron chi connectivity index (χ4n) is 2.02. The smallest absolute Gasteiger partial charge is 0.253 e. The zero-order valence-corrected chi connectivity index (χ0v) is 12.8. The van der Waals surface area contributed by atoms with Crippen molar-refractivity contribution in [3.05, 3.63) is 33.8 Å². The van der Waals surface area contributed by atoms with Crippen molar-refractivity contribution < 1.29 is 14.3 Å². The average Bonchev–Trinajstić information content (AvgIpc) is 2.95. The van der Waals surface area contributed by atoms with Crippen molar-refractivity contribution in [1.29, 1.82) is 0 Å². The molecule has 0 bridgehead atoms. The molecule has 0 aromatic heterocycles. The number of hydrogen-bond acceptors (Lipinski definition) is 3. The molecule has 0 aliphatic carbocycles. The molecule has 1 heterocycles. The Bertz CT molecular complexity index is 531. The third-order valence-corrected chi connectivity index (χ3v) is 3.68. The monoisotopic (exact) mass is 330 g/mol. The van der Waals surface area contributed by atoms with Crippen LogP contribution in [-0.4, -0.2) is 37.6 Å². The molecule has 1 aromatic rings. The van der Waals surface area contributed by atoms with E-state index in [2.05, 4.69) is 10.6 Å². The summed E-state index contributed by atoms with van der Waals surface area (Å²) in [5, 5.41) is 5.94. The number of rotatable bonds is 5. The minimum Gasteiger partial charge on any atom is -0.376 e. The molecule has 5 nitrogen and oxygen atoms in total. The summed E-state index contributed by atoms with van der Waals surface area (Å²) in [6.07, 6.45) is 2.05. The molecule has 0 radical (unpaired) electrons. The predicted molar refractivity (Wildman–Crippen MR) is 80.8 cm³/mol. The van der Waals surface area contributed by atoms with Gasteiger partial charge in [-0.3, -0.25) is 9.59 Å². The standard InChI is InChI=1S/C14H16Cl2N2O3/c15-9-3-4-11(12(16)6-9)14(20)18-8-13(19)17-7-10-2-1-5-21-10/h3-4,6,10H,1-2,5,7-8H2,(H,17,19)(H,18,20). The van der Waals surface area contributed by atoms with E-state index >= 15 is 0 Å². The lowest BCUT2D eigenvalue weighted by molar-refractivity contribution is -0.120. The Morgan fingerprint density at radius 1 is 1.29 bits per heavy atom. The number of ether oxygens (including phenoxy) is 1. The maximum atomic E-state index is 11.9. The van der Waals surface area contributed by atoms with E-state index in [4.69, 9.17) is 27.9 Å². The first-order chi connectivity index (χ1) is 10.1. The van der Waals surface area contributed by atoms with Gasteiger partial charge in [0, 0.05) is 18.2 Å². The maximum Gasteiger partial charge on any atom is 0.253 e.